The maximum Gasteiger partial charge on any atom is 0.257 e. The number of methoxy groups -OCH3 is 1. The molecule has 27 heavy (non-hydrogen) atoms. The van der Waals surface area contributed by atoms with E-state index in [2.05, 4.69) is 5.32 Å². The molecule has 3 rings (SSSR count). The molecule has 7 nitrogen and oxygen atoms in total. The van der Waals surface area contributed by atoms with Gasteiger partial charge in [0.2, 0.25) is 0 Å². The van der Waals surface area contributed by atoms with Crippen LogP contribution >= 0.6 is 0 Å². The molecule has 2 amide bonds. The Bertz CT molecular complexity index is 751. The van der Waals surface area contributed by atoms with Crippen molar-refractivity contribution in [2.75, 3.05) is 33.4 Å². The Morgan fingerprint density at radius 1 is 1.19 bits per heavy atom. The second-order valence-electron chi connectivity index (χ2n) is 6.49. The van der Waals surface area contributed by atoms with Gasteiger partial charge in [0.15, 0.2) is 18.1 Å². The van der Waals surface area contributed by atoms with Crippen LogP contribution in [0.15, 0.2) is 47.3 Å². The van der Waals surface area contributed by atoms with Gasteiger partial charge in [-0.15, -0.1) is 0 Å². The summed E-state index contributed by atoms with van der Waals surface area (Å²) in [5.41, 5.74) is 0.579. The van der Waals surface area contributed by atoms with Gasteiger partial charge in [-0.25, -0.2) is 0 Å². The van der Waals surface area contributed by atoms with Crippen LogP contribution in [0.1, 0.15) is 23.2 Å². The number of furan rings is 1. The SMILES string of the molecule is COc1ccccc1OCC(=O)NCC1CCN(C(=O)c2ccoc2)CC1. The lowest BCUT2D eigenvalue weighted by atomic mass is 9.96. The standard InChI is InChI=1S/C20H24N2O5/c1-25-17-4-2-3-5-18(17)27-14-19(23)21-12-15-6-9-22(10-7-15)20(24)16-8-11-26-13-16/h2-5,8,11,13,15H,6-7,9-10,12,14H2,1H3,(H,21,23). The zero-order valence-electron chi connectivity index (χ0n) is 15.3. The summed E-state index contributed by atoms with van der Waals surface area (Å²) >= 11 is 0. The van der Waals surface area contributed by atoms with E-state index in [1.54, 1.807) is 25.3 Å². The lowest BCUT2D eigenvalue weighted by molar-refractivity contribution is -0.123. The summed E-state index contributed by atoms with van der Waals surface area (Å²) in [6.45, 7) is 1.89. The summed E-state index contributed by atoms with van der Waals surface area (Å²) in [6.07, 6.45) is 4.69. The zero-order valence-corrected chi connectivity index (χ0v) is 15.3. The third-order valence-electron chi connectivity index (χ3n) is 4.69. The predicted molar refractivity (Wildman–Crippen MR) is 98.8 cm³/mol. The maximum absolute atomic E-state index is 12.3. The van der Waals surface area contributed by atoms with Crippen molar-refractivity contribution < 1.29 is 23.5 Å². The Morgan fingerprint density at radius 2 is 1.93 bits per heavy atom. The lowest BCUT2D eigenvalue weighted by Crippen LogP contribution is -2.42. The van der Waals surface area contributed by atoms with Crippen molar-refractivity contribution in [2.45, 2.75) is 12.8 Å². The minimum atomic E-state index is -0.169. The average Bonchev–Trinajstić information content (AvgIpc) is 3.25. The zero-order chi connectivity index (χ0) is 19.1. The fraction of sp³-hybridized carbons (Fsp3) is 0.400. The number of nitrogens with zero attached hydrogens (tertiary/aromatic N) is 1. The van der Waals surface area contributed by atoms with Crippen LogP contribution in [0.5, 0.6) is 11.5 Å². The smallest absolute Gasteiger partial charge is 0.257 e. The van der Waals surface area contributed by atoms with Gasteiger partial charge in [0.25, 0.3) is 11.8 Å². The number of benzene rings is 1. The fourth-order valence-corrected chi connectivity index (χ4v) is 3.10. The van der Waals surface area contributed by atoms with Gasteiger partial charge in [-0.3, -0.25) is 9.59 Å². The third kappa shape index (κ3) is 5.03. The number of ether oxygens (including phenoxy) is 2. The molecule has 7 heteroatoms. The van der Waals surface area contributed by atoms with E-state index >= 15 is 0 Å². The van der Waals surface area contributed by atoms with E-state index in [-0.39, 0.29) is 18.4 Å². The average molecular weight is 372 g/mol. The van der Waals surface area contributed by atoms with Gasteiger partial charge in [-0.2, -0.15) is 0 Å². The lowest BCUT2D eigenvalue weighted by Gasteiger charge is -2.31. The Hall–Kier alpha value is -2.96. The van der Waals surface area contributed by atoms with Crippen LogP contribution in [0, 0.1) is 5.92 Å². The van der Waals surface area contributed by atoms with Gasteiger partial charge in [0, 0.05) is 19.6 Å². The number of hydrogen-bond donors (Lipinski definition) is 1. The highest BCUT2D eigenvalue weighted by atomic mass is 16.5. The molecular weight excluding hydrogens is 348 g/mol. The highest BCUT2D eigenvalue weighted by molar-refractivity contribution is 5.93. The van der Waals surface area contributed by atoms with Gasteiger partial charge in [0.05, 0.1) is 18.9 Å². The summed E-state index contributed by atoms with van der Waals surface area (Å²) in [6, 6.07) is 8.89. The molecule has 0 unspecified atom stereocenters. The summed E-state index contributed by atoms with van der Waals surface area (Å²) < 4.78 is 15.7. The first-order valence-corrected chi connectivity index (χ1v) is 9.01. The van der Waals surface area contributed by atoms with Crippen molar-refractivity contribution in [1.82, 2.24) is 10.2 Å². The number of amides is 2. The molecule has 2 heterocycles. The van der Waals surface area contributed by atoms with Crippen LogP contribution < -0.4 is 14.8 Å². The highest BCUT2D eigenvalue weighted by Crippen LogP contribution is 2.25. The van der Waals surface area contributed by atoms with Gasteiger partial charge < -0.3 is 24.1 Å². The number of hydrogen-bond acceptors (Lipinski definition) is 5. The summed E-state index contributed by atoms with van der Waals surface area (Å²) in [5.74, 6) is 1.32. The van der Waals surface area contributed by atoms with Crippen molar-refractivity contribution in [2.24, 2.45) is 5.92 Å². The van der Waals surface area contributed by atoms with Gasteiger partial charge in [-0.1, -0.05) is 12.1 Å². The van der Waals surface area contributed by atoms with E-state index in [1.165, 1.54) is 12.5 Å². The fourth-order valence-electron chi connectivity index (χ4n) is 3.10. The van der Waals surface area contributed by atoms with E-state index in [0.29, 0.717) is 42.6 Å². The van der Waals surface area contributed by atoms with E-state index < -0.39 is 0 Å². The van der Waals surface area contributed by atoms with Crippen LogP contribution in [0.2, 0.25) is 0 Å². The molecule has 0 saturated carbocycles. The molecule has 0 atom stereocenters. The molecule has 1 fully saturated rings. The van der Waals surface area contributed by atoms with Crippen LogP contribution in [0.3, 0.4) is 0 Å². The minimum absolute atomic E-state index is 0.00329. The van der Waals surface area contributed by atoms with Crippen LogP contribution in [0.4, 0.5) is 0 Å². The molecule has 1 N–H and O–H groups in total. The Balaban J connectivity index is 1.37. The molecular formula is C20H24N2O5. The first kappa shape index (κ1) is 18.8. The normalized spacial score (nSPS) is 14.6. The van der Waals surface area contributed by atoms with Crippen molar-refractivity contribution in [3.8, 4) is 11.5 Å². The van der Waals surface area contributed by atoms with Crippen molar-refractivity contribution in [3.63, 3.8) is 0 Å². The number of rotatable bonds is 7. The van der Waals surface area contributed by atoms with Crippen LogP contribution in [-0.2, 0) is 4.79 Å². The van der Waals surface area contributed by atoms with E-state index in [1.807, 2.05) is 17.0 Å². The third-order valence-corrected chi connectivity index (χ3v) is 4.69. The van der Waals surface area contributed by atoms with Gasteiger partial charge >= 0.3 is 0 Å². The number of likely N-dealkylation sites (tertiary alicyclic amines) is 1. The Labute approximate surface area is 158 Å². The molecule has 1 aromatic heterocycles. The van der Waals surface area contributed by atoms with Crippen molar-refractivity contribution in [1.29, 1.82) is 0 Å². The number of carbonyl (C=O) groups excluding carboxylic acids is 2. The van der Waals surface area contributed by atoms with Crippen molar-refractivity contribution in [3.05, 3.63) is 48.4 Å². The Morgan fingerprint density at radius 3 is 2.59 bits per heavy atom. The number of piperidine rings is 1. The first-order valence-electron chi connectivity index (χ1n) is 9.01. The molecule has 0 radical (unpaired) electrons. The second-order valence-corrected chi connectivity index (χ2v) is 6.49. The van der Waals surface area contributed by atoms with Crippen molar-refractivity contribution >= 4 is 11.8 Å². The van der Waals surface area contributed by atoms with Gasteiger partial charge in [0.1, 0.15) is 6.26 Å². The highest BCUT2D eigenvalue weighted by Gasteiger charge is 2.24. The minimum Gasteiger partial charge on any atom is -0.493 e. The second kappa shape index (κ2) is 9.12. The van der Waals surface area contributed by atoms with E-state index in [4.69, 9.17) is 13.9 Å². The van der Waals surface area contributed by atoms with Gasteiger partial charge in [-0.05, 0) is 37.0 Å². The molecule has 144 valence electrons. The first-order chi connectivity index (χ1) is 13.2. The van der Waals surface area contributed by atoms with Crippen LogP contribution in [-0.4, -0.2) is 50.1 Å². The van der Waals surface area contributed by atoms with E-state index in [9.17, 15) is 9.59 Å². The Kier molecular flexibility index (Phi) is 6.35. The maximum atomic E-state index is 12.3. The topological polar surface area (TPSA) is 81.0 Å². The summed E-state index contributed by atoms with van der Waals surface area (Å²) in [5, 5.41) is 2.91. The quantitative estimate of drug-likeness (QED) is 0.807. The molecule has 0 aliphatic carbocycles. The molecule has 1 aliphatic rings. The van der Waals surface area contributed by atoms with Crippen LogP contribution in [0.25, 0.3) is 0 Å². The molecule has 2 aromatic rings. The predicted octanol–water partition coefficient (Wildman–Crippen LogP) is 2.34. The number of nitrogens with one attached hydrogen (secondary N) is 1. The molecule has 1 saturated heterocycles. The molecule has 1 aliphatic heterocycles. The molecule has 0 bridgehead atoms. The molecule has 1 aromatic carbocycles. The summed E-state index contributed by atoms with van der Waals surface area (Å²) in [4.78, 5) is 26.1. The molecule has 0 spiro atoms. The monoisotopic (exact) mass is 372 g/mol. The summed E-state index contributed by atoms with van der Waals surface area (Å²) in [7, 11) is 1.56. The number of carbonyl (C=O) groups is 2. The largest absolute Gasteiger partial charge is 0.493 e. The van der Waals surface area contributed by atoms with E-state index in [0.717, 1.165) is 12.8 Å². The number of para-hydroxylation sites is 2.